The summed E-state index contributed by atoms with van der Waals surface area (Å²) < 4.78 is 45.6. The first-order valence-corrected chi connectivity index (χ1v) is 9.93. The third-order valence-electron chi connectivity index (χ3n) is 5.31. The van der Waals surface area contributed by atoms with Gasteiger partial charge in [0.1, 0.15) is 11.3 Å². The molecule has 1 fully saturated rings. The molecule has 0 bridgehead atoms. The van der Waals surface area contributed by atoms with Gasteiger partial charge in [-0.1, -0.05) is 6.07 Å². The molecule has 8 heteroatoms. The first-order valence-electron chi connectivity index (χ1n) is 9.93. The lowest BCUT2D eigenvalue weighted by Gasteiger charge is -2.23. The summed E-state index contributed by atoms with van der Waals surface area (Å²) in [6.07, 6.45) is 3.70. The van der Waals surface area contributed by atoms with Crippen molar-refractivity contribution in [3.8, 4) is 17.2 Å². The maximum Gasteiger partial charge on any atom is 0.387 e. The Kier molecular flexibility index (Phi) is 5.97. The summed E-state index contributed by atoms with van der Waals surface area (Å²) in [5, 5.41) is 0.875. The summed E-state index contributed by atoms with van der Waals surface area (Å²) in [6.45, 7) is -2.58. The first-order chi connectivity index (χ1) is 15.0. The zero-order valence-electron chi connectivity index (χ0n) is 17.3. The average Bonchev–Trinajstić information content (AvgIpc) is 3.53. The molecule has 2 aromatic carbocycles. The second-order valence-electron chi connectivity index (χ2n) is 7.42. The van der Waals surface area contributed by atoms with E-state index in [1.54, 1.807) is 31.6 Å². The van der Waals surface area contributed by atoms with Gasteiger partial charge in [0.05, 0.1) is 26.9 Å². The standard InChI is InChI=1S/C23H23F2NO5/c1-28-17-6-7-18-15(13-30-20(18)11-17)10-22(27)26(16-4-5-16)12-14-3-8-19(31-23(24)25)21(9-14)29-2/h3,6-9,11,13,16,23H,4-5,10,12H2,1-2H3. The first kappa shape index (κ1) is 21.0. The second-order valence-corrected chi connectivity index (χ2v) is 7.42. The molecule has 31 heavy (non-hydrogen) atoms. The summed E-state index contributed by atoms with van der Waals surface area (Å²) in [5.41, 5.74) is 2.26. The summed E-state index contributed by atoms with van der Waals surface area (Å²) >= 11 is 0. The van der Waals surface area contributed by atoms with Gasteiger partial charge in [0.25, 0.3) is 0 Å². The summed E-state index contributed by atoms with van der Waals surface area (Å²) in [7, 11) is 2.98. The van der Waals surface area contributed by atoms with E-state index in [9.17, 15) is 13.6 Å². The van der Waals surface area contributed by atoms with Crippen LogP contribution in [0.5, 0.6) is 17.2 Å². The maximum absolute atomic E-state index is 13.1. The molecule has 0 radical (unpaired) electrons. The molecule has 0 N–H and O–H groups in total. The molecule has 0 spiro atoms. The molecular formula is C23H23F2NO5. The van der Waals surface area contributed by atoms with Crippen LogP contribution in [0.1, 0.15) is 24.0 Å². The number of benzene rings is 2. The zero-order valence-corrected chi connectivity index (χ0v) is 17.3. The van der Waals surface area contributed by atoms with Crippen LogP contribution in [0.2, 0.25) is 0 Å². The van der Waals surface area contributed by atoms with Crippen molar-refractivity contribution < 1.29 is 32.2 Å². The van der Waals surface area contributed by atoms with Crippen molar-refractivity contribution >= 4 is 16.9 Å². The van der Waals surface area contributed by atoms with Gasteiger partial charge in [0.15, 0.2) is 11.5 Å². The van der Waals surface area contributed by atoms with E-state index in [1.165, 1.54) is 13.2 Å². The minimum absolute atomic E-state index is 0.0205. The summed E-state index contributed by atoms with van der Waals surface area (Å²) in [4.78, 5) is 15.0. The minimum atomic E-state index is -2.94. The second kappa shape index (κ2) is 8.83. The number of furan rings is 1. The normalized spacial score (nSPS) is 13.5. The zero-order chi connectivity index (χ0) is 22.0. The highest BCUT2D eigenvalue weighted by molar-refractivity contribution is 5.88. The van der Waals surface area contributed by atoms with Crippen molar-refractivity contribution in [3.63, 3.8) is 0 Å². The van der Waals surface area contributed by atoms with Gasteiger partial charge in [-0.2, -0.15) is 8.78 Å². The quantitative estimate of drug-likeness (QED) is 0.488. The lowest BCUT2D eigenvalue weighted by atomic mass is 10.1. The lowest BCUT2D eigenvalue weighted by Crippen LogP contribution is -2.33. The van der Waals surface area contributed by atoms with Crippen LogP contribution in [0.25, 0.3) is 11.0 Å². The van der Waals surface area contributed by atoms with Gasteiger partial charge in [-0.15, -0.1) is 0 Å². The summed E-state index contributed by atoms with van der Waals surface area (Å²) in [6, 6.07) is 10.4. The van der Waals surface area contributed by atoms with E-state index in [-0.39, 0.29) is 29.9 Å². The molecule has 164 valence electrons. The van der Waals surface area contributed by atoms with E-state index in [0.29, 0.717) is 17.9 Å². The van der Waals surface area contributed by atoms with Gasteiger partial charge >= 0.3 is 6.61 Å². The van der Waals surface area contributed by atoms with E-state index < -0.39 is 6.61 Å². The Bertz CT molecular complexity index is 1080. The molecule has 4 rings (SSSR count). The molecule has 1 aromatic heterocycles. The minimum Gasteiger partial charge on any atom is -0.497 e. The Balaban J connectivity index is 1.51. The number of fused-ring (bicyclic) bond motifs is 1. The van der Waals surface area contributed by atoms with E-state index in [0.717, 1.165) is 29.4 Å². The largest absolute Gasteiger partial charge is 0.497 e. The highest BCUT2D eigenvalue weighted by atomic mass is 19.3. The van der Waals surface area contributed by atoms with Gasteiger partial charge in [0.2, 0.25) is 5.91 Å². The topological polar surface area (TPSA) is 61.1 Å². The van der Waals surface area contributed by atoms with E-state index in [2.05, 4.69) is 4.74 Å². The predicted molar refractivity (Wildman–Crippen MR) is 110 cm³/mol. The Morgan fingerprint density at radius 1 is 1.13 bits per heavy atom. The third kappa shape index (κ3) is 4.73. The highest BCUT2D eigenvalue weighted by Gasteiger charge is 2.33. The Labute approximate surface area is 178 Å². The molecule has 1 saturated carbocycles. The molecule has 1 aliphatic carbocycles. The Morgan fingerprint density at radius 3 is 2.61 bits per heavy atom. The maximum atomic E-state index is 13.1. The third-order valence-corrected chi connectivity index (χ3v) is 5.31. The van der Waals surface area contributed by atoms with Crippen molar-refractivity contribution in [2.75, 3.05) is 14.2 Å². The number of methoxy groups -OCH3 is 2. The molecule has 1 heterocycles. The molecule has 1 aliphatic rings. The predicted octanol–water partition coefficient (Wildman–Crippen LogP) is 4.79. The SMILES string of the molecule is COc1ccc2c(CC(=O)N(Cc3ccc(OC(F)F)c(OC)c3)C3CC3)coc2c1. The number of alkyl halides is 2. The van der Waals surface area contributed by atoms with E-state index >= 15 is 0 Å². The van der Waals surface area contributed by atoms with Crippen LogP contribution in [-0.2, 0) is 17.8 Å². The van der Waals surface area contributed by atoms with Crippen molar-refractivity contribution in [1.82, 2.24) is 4.90 Å². The Morgan fingerprint density at radius 2 is 1.94 bits per heavy atom. The van der Waals surface area contributed by atoms with Crippen molar-refractivity contribution in [3.05, 3.63) is 53.8 Å². The molecule has 0 aliphatic heterocycles. The monoisotopic (exact) mass is 431 g/mol. The van der Waals surface area contributed by atoms with Crippen LogP contribution in [0, 0.1) is 0 Å². The van der Waals surface area contributed by atoms with Gasteiger partial charge in [0, 0.05) is 29.6 Å². The highest BCUT2D eigenvalue weighted by Crippen LogP contribution is 2.34. The Hall–Kier alpha value is -3.29. The van der Waals surface area contributed by atoms with Crippen LogP contribution >= 0.6 is 0 Å². The van der Waals surface area contributed by atoms with Crippen LogP contribution in [0.4, 0.5) is 8.78 Å². The number of carbonyl (C=O) groups is 1. The molecule has 0 unspecified atom stereocenters. The molecule has 6 nitrogen and oxygen atoms in total. The van der Waals surface area contributed by atoms with Gasteiger partial charge < -0.3 is 23.5 Å². The smallest absolute Gasteiger partial charge is 0.387 e. The van der Waals surface area contributed by atoms with Crippen LogP contribution in [0.15, 0.2) is 47.1 Å². The lowest BCUT2D eigenvalue weighted by molar-refractivity contribution is -0.131. The van der Waals surface area contributed by atoms with Crippen molar-refractivity contribution in [2.24, 2.45) is 0 Å². The average molecular weight is 431 g/mol. The van der Waals surface area contributed by atoms with Crippen LogP contribution < -0.4 is 14.2 Å². The van der Waals surface area contributed by atoms with Crippen LogP contribution in [0.3, 0.4) is 0 Å². The van der Waals surface area contributed by atoms with E-state index in [4.69, 9.17) is 13.9 Å². The molecule has 0 atom stereocenters. The fraction of sp³-hybridized carbons (Fsp3) is 0.348. The number of halogens is 2. The number of carbonyl (C=O) groups excluding carboxylic acids is 1. The fourth-order valence-electron chi connectivity index (χ4n) is 3.60. The molecule has 0 saturated heterocycles. The molecule has 1 amide bonds. The number of hydrogen-bond acceptors (Lipinski definition) is 5. The van der Waals surface area contributed by atoms with Crippen molar-refractivity contribution in [2.45, 2.75) is 38.5 Å². The molecular weight excluding hydrogens is 408 g/mol. The van der Waals surface area contributed by atoms with Crippen molar-refractivity contribution in [1.29, 1.82) is 0 Å². The molecule has 3 aromatic rings. The fourth-order valence-corrected chi connectivity index (χ4v) is 3.60. The van der Waals surface area contributed by atoms with E-state index in [1.807, 2.05) is 17.0 Å². The van der Waals surface area contributed by atoms with Crippen LogP contribution in [-0.4, -0.2) is 37.7 Å². The summed E-state index contributed by atoms with van der Waals surface area (Å²) in [5.74, 6) is 0.835. The number of amides is 1. The number of ether oxygens (including phenoxy) is 3. The number of rotatable bonds is 9. The number of hydrogen-bond donors (Lipinski definition) is 0. The van der Waals surface area contributed by atoms with Gasteiger partial charge in [-0.3, -0.25) is 4.79 Å². The van der Waals surface area contributed by atoms with Gasteiger partial charge in [-0.05, 0) is 42.7 Å². The number of nitrogens with zero attached hydrogens (tertiary/aromatic N) is 1. The van der Waals surface area contributed by atoms with Gasteiger partial charge in [-0.25, -0.2) is 0 Å².